The highest BCUT2D eigenvalue weighted by atomic mass is 32.1. The van der Waals surface area contributed by atoms with Gasteiger partial charge < -0.3 is 9.13 Å². The van der Waals surface area contributed by atoms with Crippen molar-refractivity contribution in [2.24, 2.45) is 0 Å². The van der Waals surface area contributed by atoms with Crippen molar-refractivity contribution in [3.63, 3.8) is 0 Å². The predicted molar refractivity (Wildman–Crippen MR) is 271 cm³/mol. The second-order valence-electron chi connectivity index (χ2n) is 16.7. The summed E-state index contributed by atoms with van der Waals surface area (Å²) in [6.45, 7) is 0. The van der Waals surface area contributed by atoms with Gasteiger partial charge in [0.1, 0.15) is 5.82 Å². The molecule has 0 aliphatic heterocycles. The Morgan fingerprint density at radius 3 is 1.30 bits per heavy atom. The molecule has 4 nitrogen and oxygen atoms in total. The fourth-order valence-electron chi connectivity index (χ4n) is 10.6. The Hall–Kier alpha value is -8.25. The van der Waals surface area contributed by atoms with E-state index in [9.17, 15) is 0 Å². The molecule has 0 atom stereocenters. The van der Waals surface area contributed by atoms with Crippen LogP contribution in [0.2, 0.25) is 0 Å². The first-order valence-corrected chi connectivity index (χ1v) is 22.6. The van der Waals surface area contributed by atoms with E-state index in [1.54, 1.807) is 0 Å². The largest absolute Gasteiger partial charge is 0.309 e. The van der Waals surface area contributed by atoms with Gasteiger partial charge in [-0.05, 0) is 60.2 Å². The number of benzene rings is 9. The average molecular weight is 833 g/mol. The van der Waals surface area contributed by atoms with Gasteiger partial charge in [0.15, 0.2) is 0 Å². The zero-order valence-corrected chi connectivity index (χ0v) is 35.3. The van der Waals surface area contributed by atoms with Gasteiger partial charge in [0.05, 0.1) is 50.2 Å². The normalized spacial score (nSPS) is 12.1. The number of aromatic nitrogens is 4. The van der Waals surface area contributed by atoms with Crippen molar-refractivity contribution in [2.75, 3.05) is 0 Å². The van der Waals surface area contributed by atoms with E-state index in [-0.39, 0.29) is 0 Å². The smallest absolute Gasteiger partial charge is 0.140 e. The van der Waals surface area contributed by atoms with Crippen molar-refractivity contribution in [2.45, 2.75) is 0 Å². The molecule has 0 radical (unpaired) electrons. The van der Waals surface area contributed by atoms with Crippen LogP contribution in [0, 0.1) is 0 Å². The maximum atomic E-state index is 5.90. The Kier molecular flexibility index (Phi) is 7.53. The third kappa shape index (κ3) is 5.01. The summed E-state index contributed by atoms with van der Waals surface area (Å²) in [5.74, 6) is 0.856. The number of nitrogens with zero attached hydrogens (tertiary/aromatic N) is 4. The van der Waals surface area contributed by atoms with E-state index in [2.05, 4.69) is 232 Å². The SMILES string of the molecule is c1cc(-c2cccc3c2sc2ccccc23)c(-c2cc(-n3c4ccccc4c4ccccc43)cc(-n3c4ccccc4c4ccccc43)n2)c(-n2c3ccccc3c3ccccc32)c1. The lowest BCUT2D eigenvalue weighted by Crippen LogP contribution is -2.05. The van der Waals surface area contributed by atoms with E-state index in [0.29, 0.717) is 0 Å². The van der Waals surface area contributed by atoms with Crippen LogP contribution >= 0.6 is 11.3 Å². The highest BCUT2D eigenvalue weighted by Gasteiger charge is 2.24. The maximum absolute atomic E-state index is 5.90. The topological polar surface area (TPSA) is 27.7 Å². The average Bonchev–Trinajstić information content (AvgIpc) is 4.10. The number of hydrogen-bond donors (Lipinski definition) is 0. The van der Waals surface area contributed by atoms with Crippen molar-refractivity contribution >= 4 is 96.9 Å². The quantitative estimate of drug-likeness (QED) is 0.170. The number of fused-ring (bicyclic) bond motifs is 12. The summed E-state index contributed by atoms with van der Waals surface area (Å²) in [5, 5.41) is 9.83. The standard InChI is InChI=1S/C59H36N4S/c1-8-27-49-38(17-1)39-18-2-9-28-50(39)61(49)37-35-48(60-57(36-37)63-53-31-12-5-21-42(53)43-22-6-13-32-54(43)63)58-45(47-26-15-25-46-44-23-7-14-34-56(44)64-59(46)47)24-16-33-55(58)62-51-29-10-3-19-40(51)41-20-4-11-30-52(41)62/h1-36H. The van der Waals surface area contributed by atoms with Crippen molar-refractivity contribution in [1.29, 1.82) is 0 Å². The Morgan fingerprint density at radius 2 is 0.750 bits per heavy atom. The van der Waals surface area contributed by atoms with Crippen LogP contribution in [0.25, 0.3) is 125 Å². The second-order valence-corrected chi connectivity index (χ2v) is 17.7. The third-order valence-electron chi connectivity index (χ3n) is 13.3. The van der Waals surface area contributed by atoms with Crippen LogP contribution in [0.1, 0.15) is 0 Å². The molecule has 14 rings (SSSR count). The number of thiophene rings is 1. The minimum absolute atomic E-state index is 0.856. The van der Waals surface area contributed by atoms with E-state index in [1.807, 2.05) is 11.3 Å². The first-order chi connectivity index (χ1) is 31.8. The minimum Gasteiger partial charge on any atom is -0.309 e. The summed E-state index contributed by atoms with van der Waals surface area (Å²) in [7, 11) is 0. The van der Waals surface area contributed by atoms with Gasteiger partial charge in [0.2, 0.25) is 0 Å². The molecule has 14 aromatic rings. The van der Waals surface area contributed by atoms with Gasteiger partial charge in [0, 0.05) is 69.7 Å². The molecule has 0 aliphatic carbocycles. The summed E-state index contributed by atoms with van der Waals surface area (Å²) in [5.41, 5.74) is 13.3. The molecule has 9 aromatic carbocycles. The molecule has 5 aromatic heterocycles. The molecule has 64 heavy (non-hydrogen) atoms. The molecular formula is C59H36N4S. The molecule has 0 fully saturated rings. The molecule has 0 aliphatic rings. The fourth-order valence-corrected chi connectivity index (χ4v) is 11.8. The monoisotopic (exact) mass is 832 g/mol. The Balaban J connectivity index is 1.17. The van der Waals surface area contributed by atoms with Gasteiger partial charge in [-0.2, -0.15) is 0 Å². The van der Waals surface area contributed by atoms with Gasteiger partial charge in [-0.3, -0.25) is 4.57 Å². The minimum atomic E-state index is 0.856. The molecule has 0 unspecified atom stereocenters. The zero-order chi connectivity index (χ0) is 41.9. The van der Waals surface area contributed by atoms with Crippen molar-refractivity contribution < 1.29 is 0 Å². The van der Waals surface area contributed by atoms with Crippen LogP contribution in [-0.4, -0.2) is 18.7 Å². The van der Waals surface area contributed by atoms with E-state index in [4.69, 9.17) is 4.98 Å². The van der Waals surface area contributed by atoms with E-state index in [0.717, 1.165) is 67.1 Å². The van der Waals surface area contributed by atoms with Gasteiger partial charge in [-0.1, -0.05) is 158 Å². The van der Waals surface area contributed by atoms with Crippen LogP contribution in [0.4, 0.5) is 0 Å². The lowest BCUT2D eigenvalue weighted by Gasteiger charge is -2.20. The molecule has 5 heterocycles. The van der Waals surface area contributed by atoms with Crippen molar-refractivity contribution in [1.82, 2.24) is 18.7 Å². The van der Waals surface area contributed by atoms with Crippen LogP contribution < -0.4 is 0 Å². The molecule has 0 bridgehead atoms. The van der Waals surface area contributed by atoms with Crippen molar-refractivity contribution in [3.05, 3.63) is 218 Å². The van der Waals surface area contributed by atoms with E-state index >= 15 is 0 Å². The van der Waals surface area contributed by atoms with Crippen LogP contribution in [-0.2, 0) is 0 Å². The molecule has 298 valence electrons. The van der Waals surface area contributed by atoms with E-state index in [1.165, 1.54) is 58.1 Å². The molecule has 0 amide bonds. The number of hydrogen-bond acceptors (Lipinski definition) is 2. The first kappa shape index (κ1) is 35.4. The Labute approximate surface area is 371 Å². The fraction of sp³-hybridized carbons (Fsp3) is 0. The number of para-hydroxylation sites is 6. The molecular weight excluding hydrogens is 797 g/mol. The predicted octanol–water partition coefficient (Wildman–Crippen LogP) is 16.1. The van der Waals surface area contributed by atoms with Crippen LogP contribution in [0.15, 0.2) is 218 Å². The van der Waals surface area contributed by atoms with Gasteiger partial charge in [-0.25, -0.2) is 4.98 Å². The second kappa shape index (κ2) is 13.6. The summed E-state index contributed by atoms with van der Waals surface area (Å²) >= 11 is 1.87. The summed E-state index contributed by atoms with van der Waals surface area (Å²) < 4.78 is 9.81. The zero-order valence-electron chi connectivity index (χ0n) is 34.5. The summed E-state index contributed by atoms with van der Waals surface area (Å²) in [6.07, 6.45) is 0. The molecule has 0 N–H and O–H groups in total. The highest BCUT2D eigenvalue weighted by Crippen LogP contribution is 2.47. The summed E-state index contributed by atoms with van der Waals surface area (Å²) in [4.78, 5) is 5.90. The van der Waals surface area contributed by atoms with Crippen molar-refractivity contribution in [3.8, 4) is 39.6 Å². The number of pyridine rings is 1. The van der Waals surface area contributed by atoms with Gasteiger partial charge >= 0.3 is 0 Å². The number of rotatable bonds is 5. The van der Waals surface area contributed by atoms with E-state index < -0.39 is 0 Å². The third-order valence-corrected chi connectivity index (χ3v) is 14.5. The molecule has 5 heteroatoms. The maximum Gasteiger partial charge on any atom is 0.140 e. The summed E-state index contributed by atoms with van der Waals surface area (Å²) in [6, 6.07) is 79.6. The Bertz CT molecular complexity index is 3920. The highest BCUT2D eigenvalue weighted by molar-refractivity contribution is 7.26. The first-order valence-electron chi connectivity index (χ1n) is 21.8. The van der Waals surface area contributed by atoms with Crippen LogP contribution in [0.5, 0.6) is 0 Å². The van der Waals surface area contributed by atoms with Crippen LogP contribution in [0.3, 0.4) is 0 Å². The van der Waals surface area contributed by atoms with Gasteiger partial charge in [0.25, 0.3) is 0 Å². The lowest BCUT2D eigenvalue weighted by atomic mass is 9.94. The van der Waals surface area contributed by atoms with Gasteiger partial charge in [-0.15, -0.1) is 11.3 Å². The molecule has 0 saturated carbocycles. The lowest BCUT2D eigenvalue weighted by molar-refractivity contribution is 1.06. The Morgan fingerprint density at radius 1 is 0.328 bits per heavy atom. The molecule has 0 saturated heterocycles. The molecule has 0 spiro atoms.